The second-order valence-corrected chi connectivity index (χ2v) is 7.65. The van der Waals surface area contributed by atoms with E-state index in [1.54, 1.807) is 39.5 Å². The summed E-state index contributed by atoms with van der Waals surface area (Å²) in [6.07, 6.45) is 0. The molecule has 1 amide bonds. The summed E-state index contributed by atoms with van der Waals surface area (Å²) in [5, 5.41) is 3.34. The predicted octanol–water partition coefficient (Wildman–Crippen LogP) is 3.82. The molecule has 3 aromatic rings. The summed E-state index contributed by atoms with van der Waals surface area (Å²) < 4.78 is 17.9. The summed E-state index contributed by atoms with van der Waals surface area (Å²) in [5.74, 6) is 1.07. The van der Waals surface area contributed by atoms with Gasteiger partial charge >= 0.3 is 0 Å². The zero-order valence-electron chi connectivity index (χ0n) is 17.0. The molecule has 0 aliphatic rings. The average molecular weight is 416 g/mol. The molecule has 2 aromatic carbocycles. The molecule has 29 heavy (non-hydrogen) atoms. The maximum absolute atomic E-state index is 12.8. The van der Waals surface area contributed by atoms with Crippen LogP contribution >= 0.6 is 11.8 Å². The third-order valence-electron chi connectivity index (χ3n) is 4.45. The zero-order chi connectivity index (χ0) is 20.8. The van der Waals surface area contributed by atoms with Crippen molar-refractivity contribution in [3.63, 3.8) is 0 Å². The fraction of sp³-hybridized carbons (Fsp3) is 0.333. The maximum atomic E-state index is 12.8. The van der Waals surface area contributed by atoms with E-state index in [4.69, 9.17) is 19.2 Å². The fourth-order valence-corrected chi connectivity index (χ4v) is 3.85. The molecule has 0 aliphatic heterocycles. The third-order valence-corrected chi connectivity index (χ3v) is 5.54. The van der Waals surface area contributed by atoms with E-state index < -0.39 is 0 Å². The van der Waals surface area contributed by atoms with Crippen molar-refractivity contribution in [3.8, 4) is 11.5 Å². The average Bonchev–Trinajstić information content (AvgIpc) is 3.08. The van der Waals surface area contributed by atoms with Crippen molar-refractivity contribution in [3.05, 3.63) is 42.5 Å². The molecule has 154 valence electrons. The third kappa shape index (κ3) is 4.83. The molecule has 7 nitrogen and oxygen atoms in total. The van der Waals surface area contributed by atoms with Crippen molar-refractivity contribution in [2.45, 2.75) is 23.9 Å². The molecular weight excluding hydrogens is 390 g/mol. The molecule has 1 N–H and O–H groups in total. The van der Waals surface area contributed by atoms with Crippen LogP contribution in [0, 0.1) is 0 Å². The van der Waals surface area contributed by atoms with Gasteiger partial charge in [-0.05, 0) is 31.2 Å². The van der Waals surface area contributed by atoms with Gasteiger partial charge in [0.1, 0.15) is 11.5 Å². The summed E-state index contributed by atoms with van der Waals surface area (Å²) in [4.78, 5) is 17.5. The molecule has 0 saturated carbocycles. The first-order valence-electron chi connectivity index (χ1n) is 9.21. The minimum absolute atomic E-state index is 0.146. The van der Waals surface area contributed by atoms with Crippen molar-refractivity contribution in [1.29, 1.82) is 0 Å². The van der Waals surface area contributed by atoms with Crippen LogP contribution in [0.25, 0.3) is 11.0 Å². The van der Waals surface area contributed by atoms with Crippen molar-refractivity contribution in [1.82, 2.24) is 9.55 Å². The molecule has 1 unspecified atom stereocenters. The van der Waals surface area contributed by atoms with E-state index in [-0.39, 0.29) is 11.2 Å². The molecule has 1 heterocycles. The molecule has 0 bridgehead atoms. The molecule has 1 atom stereocenters. The van der Waals surface area contributed by atoms with E-state index in [1.807, 2.05) is 31.2 Å². The number of para-hydroxylation sites is 2. The first-order chi connectivity index (χ1) is 14.1. The number of hydrogen-bond donors (Lipinski definition) is 1. The monoisotopic (exact) mass is 415 g/mol. The number of anilines is 1. The highest BCUT2D eigenvalue weighted by molar-refractivity contribution is 8.00. The summed E-state index contributed by atoms with van der Waals surface area (Å²) >= 11 is 1.41. The van der Waals surface area contributed by atoms with Crippen LogP contribution in [0.5, 0.6) is 11.5 Å². The SMILES string of the molecule is COCCn1c(SC(C)C(=O)Nc2cc(OC)ccc2OC)nc2ccccc21. The summed E-state index contributed by atoms with van der Waals surface area (Å²) in [5.41, 5.74) is 2.49. The van der Waals surface area contributed by atoms with Gasteiger partial charge < -0.3 is 24.1 Å². The number of thioether (sulfide) groups is 1. The lowest BCUT2D eigenvalue weighted by atomic mass is 10.2. The van der Waals surface area contributed by atoms with Gasteiger partial charge in [0, 0.05) is 19.7 Å². The molecular formula is C21H25N3O4S. The zero-order valence-corrected chi connectivity index (χ0v) is 17.8. The number of amides is 1. The lowest BCUT2D eigenvalue weighted by Gasteiger charge is -2.15. The number of carbonyl (C=O) groups is 1. The summed E-state index contributed by atoms with van der Waals surface area (Å²) in [6.45, 7) is 3.08. The van der Waals surface area contributed by atoms with Crippen molar-refractivity contribution < 1.29 is 19.0 Å². The number of rotatable bonds is 9. The van der Waals surface area contributed by atoms with Gasteiger partial charge in [0.25, 0.3) is 0 Å². The Bertz CT molecular complexity index is 989. The van der Waals surface area contributed by atoms with Gasteiger partial charge in [-0.3, -0.25) is 4.79 Å². The highest BCUT2D eigenvalue weighted by atomic mass is 32.2. The molecule has 0 saturated heterocycles. The predicted molar refractivity (Wildman–Crippen MR) is 115 cm³/mol. The van der Waals surface area contributed by atoms with E-state index in [2.05, 4.69) is 9.88 Å². The molecule has 0 aliphatic carbocycles. The van der Waals surface area contributed by atoms with Crippen LogP contribution in [-0.2, 0) is 16.1 Å². The number of aromatic nitrogens is 2. The molecule has 8 heteroatoms. The first kappa shape index (κ1) is 21.0. The number of benzene rings is 2. The van der Waals surface area contributed by atoms with Gasteiger partial charge in [0.05, 0.1) is 42.8 Å². The van der Waals surface area contributed by atoms with Crippen molar-refractivity contribution >= 4 is 34.4 Å². The lowest BCUT2D eigenvalue weighted by Crippen LogP contribution is -2.23. The maximum Gasteiger partial charge on any atom is 0.237 e. The fourth-order valence-electron chi connectivity index (χ4n) is 2.90. The van der Waals surface area contributed by atoms with Crippen molar-refractivity contribution in [2.24, 2.45) is 0 Å². The van der Waals surface area contributed by atoms with Gasteiger partial charge in [0.15, 0.2) is 5.16 Å². The normalized spacial score (nSPS) is 12.0. The Labute approximate surface area is 174 Å². The first-order valence-corrected chi connectivity index (χ1v) is 10.1. The van der Waals surface area contributed by atoms with Crippen LogP contribution in [0.4, 0.5) is 5.69 Å². The highest BCUT2D eigenvalue weighted by Crippen LogP contribution is 2.31. The second-order valence-electron chi connectivity index (χ2n) is 6.34. The molecule has 3 rings (SSSR count). The van der Waals surface area contributed by atoms with Gasteiger partial charge in [-0.2, -0.15) is 0 Å². The number of methoxy groups -OCH3 is 3. The van der Waals surface area contributed by atoms with E-state index >= 15 is 0 Å². The number of nitrogens with zero attached hydrogens (tertiary/aromatic N) is 2. The largest absolute Gasteiger partial charge is 0.497 e. The van der Waals surface area contributed by atoms with E-state index in [0.29, 0.717) is 30.3 Å². The Hall–Kier alpha value is -2.71. The van der Waals surface area contributed by atoms with Crippen LogP contribution in [0.15, 0.2) is 47.6 Å². The van der Waals surface area contributed by atoms with Gasteiger partial charge in [-0.15, -0.1) is 0 Å². The Morgan fingerprint density at radius 1 is 1.17 bits per heavy atom. The minimum atomic E-state index is -0.371. The standard InChI is InChI=1S/C21H25N3O4S/c1-14(20(25)22-17-13-15(27-3)9-10-19(17)28-4)29-21-23-16-7-5-6-8-18(16)24(21)11-12-26-2/h5-10,13-14H,11-12H2,1-4H3,(H,22,25). The van der Waals surface area contributed by atoms with Crippen LogP contribution in [0.1, 0.15) is 6.92 Å². The Morgan fingerprint density at radius 2 is 1.97 bits per heavy atom. The number of fused-ring (bicyclic) bond motifs is 1. The Kier molecular flexibility index (Phi) is 7.00. The van der Waals surface area contributed by atoms with Crippen LogP contribution in [0.3, 0.4) is 0 Å². The Morgan fingerprint density at radius 3 is 2.69 bits per heavy atom. The second kappa shape index (κ2) is 9.67. The van der Waals surface area contributed by atoms with Crippen LogP contribution in [-0.4, -0.2) is 48.6 Å². The van der Waals surface area contributed by atoms with Crippen molar-refractivity contribution in [2.75, 3.05) is 33.3 Å². The van der Waals surface area contributed by atoms with Gasteiger partial charge in [-0.25, -0.2) is 4.98 Å². The number of nitrogens with one attached hydrogen (secondary N) is 1. The van der Waals surface area contributed by atoms with Crippen LogP contribution in [0.2, 0.25) is 0 Å². The van der Waals surface area contributed by atoms with Gasteiger partial charge in [-0.1, -0.05) is 23.9 Å². The van der Waals surface area contributed by atoms with Crippen LogP contribution < -0.4 is 14.8 Å². The van der Waals surface area contributed by atoms with E-state index in [9.17, 15) is 4.79 Å². The number of hydrogen-bond acceptors (Lipinski definition) is 6. The minimum Gasteiger partial charge on any atom is -0.497 e. The van der Waals surface area contributed by atoms with E-state index in [0.717, 1.165) is 16.2 Å². The van der Waals surface area contributed by atoms with Gasteiger partial charge in [0.2, 0.25) is 5.91 Å². The van der Waals surface area contributed by atoms with E-state index in [1.165, 1.54) is 11.8 Å². The molecule has 1 aromatic heterocycles. The smallest absolute Gasteiger partial charge is 0.237 e. The number of ether oxygens (including phenoxy) is 3. The number of imidazole rings is 1. The summed E-state index contributed by atoms with van der Waals surface area (Å²) in [6, 6.07) is 13.2. The molecule has 0 fully saturated rings. The topological polar surface area (TPSA) is 74.6 Å². The molecule has 0 radical (unpaired) electrons. The summed E-state index contributed by atoms with van der Waals surface area (Å²) in [7, 11) is 4.81. The Balaban J connectivity index is 1.79. The highest BCUT2D eigenvalue weighted by Gasteiger charge is 2.21. The quantitative estimate of drug-likeness (QED) is 0.536. The molecule has 0 spiro atoms. The lowest BCUT2D eigenvalue weighted by molar-refractivity contribution is -0.115. The number of carbonyl (C=O) groups excluding carboxylic acids is 1.